The Balaban J connectivity index is 1.73. The number of nitrogens with one attached hydrogen (secondary N) is 1. The van der Waals surface area contributed by atoms with Crippen LogP contribution in [0.2, 0.25) is 0 Å². The van der Waals surface area contributed by atoms with E-state index in [1.54, 1.807) is 31.1 Å². The van der Waals surface area contributed by atoms with Crippen molar-refractivity contribution in [1.82, 2.24) is 14.9 Å². The van der Waals surface area contributed by atoms with Gasteiger partial charge in [0.15, 0.2) is 5.16 Å². The minimum Gasteiger partial charge on any atom is -0.497 e. The Morgan fingerprint density at radius 2 is 2.08 bits per heavy atom. The zero-order valence-corrected chi connectivity index (χ0v) is 14.9. The van der Waals surface area contributed by atoms with Crippen LogP contribution < -0.4 is 10.1 Å². The Kier molecular flexibility index (Phi) is 5.40. The third kappa shape index (κ3) is 4.03. The number of rotatable bonds is 6. The van der Waals surface area contributed by atoms with E-state index in [9.17, 15) is 4.79 Å². The summed E-state index contributed by atoms with van der Waals surface area (Å²) in [5.74, 6) is 0.661. The topological polar surface area (TPSA) is 56.1 Å². The van der Waals surface area contributed by atoms with E-state index in [0.717, 1.165) is 22.2 Å². The third-order valence-electron chi connectivity index (χ3n) is 3.76. The number of carbonyl (C=O) groups is 1. The van der Waals surface area contributed by atoms with Crippen molar-refractivity contribution in [2.45, 2.75) is 11.7 Å². The fraction of sp³-hybridized carbons (Fsp3) is 0.158. The van der Waals surface area contributed by atoms with Crippen LogP contribution >= 0.6 is 11.8 Å². The van der Waals surface area contributed by atoms with Crippen LogP contribution in [0, 0.1) is 0 Å². The van der Waals surface area contributed by atoms with Crippen LogP contribution in [0.3, 0.4) is 0 Å². The van der Waals surface area contributed by atoms with Crippen molar-refractivity contribution < 1.29 is 9.53 Å². The average molecular weight is 353 g/mol. The van der Waals surface area contributed by atoms with Gasteiger partial charge in [0.05, 0.1) is 7.11 Å². The Bertz CT molecular complexity index is 876. The van der Waals surface area contributed by atoms with Crippen LogP contribution in [0.4, 0.5) is 0 Å². The average Bonchev–Trinajstić information content (AvgIpc) is 3.15. The summed E-state index contributed by atoms with van der Waals surface area (Å²) in [6.07, 6.45) is 5.62. The SMILES string of the molecule is COc1cccc(CNC(=O)c2cccc(-n3ccnc3SC)c2)c1. The molecule has 0 saturated heterocycles. The molecule has 0 spiro atoms. The summed E-state index contributed by atoms with van der Waals surface area (Å²) in [5, 5.41) is 3.83. The molecule has 3 aromatic rings. The van der Waals surface area contributed by atoms with Crippen molar-refractivity contribution in [3.05, 3.63) is 72.1 Å². The highest BCUT2D eigenvalue weighted by atomic mass is 32.2. The Labute approximate surface area is 151 Å². The van der Waals surface area contributed by atoms with Crippen molar-refractivity contribution >= 4 is 17.7 Å². The normalized spacial score (nSPS) is 10.5. The first-order valence-electron chi connectivity index (χ1n) is 7.80. The molecular weight excluding hydrogens is 334 g/mol. The number of ether oxygens (including phenoxy) is 1. The van der Waals surface area contributed by atoms with E-state index >= 15 is 0 Å². The summed E-state index contributed by atoms with van der Waals surface area (Å²) in [7, 11) is 1.63. The van der Waals surface area contributed by atoms with Crippen molar-refractivity contribution in [2.75, 3.05) is 13.4 Å². The lowest BCUT2D eigenvalue weighted by molar-refractivity contribution is 0.0951. The molecule has 0 aliphatic carbocycles. The first-order chi connectivity index (χ1) is 12.2. The number of methoxy groups -OCH3 is 1. The van der Waals surface area contributed by atoms with Gasteiger partial charge in [0.2, 0.25) is 0 Å². The van der Waals surface area contributed by atoms with Gasteiger partial charge in [-0.1, -0.05) is 30.0 Å². The summed E-state index contributed by atoms with van der Waals surface area (Å²) < 4.78 is 7.16. The third-order valence-corrected chi connectivity index (χ3v) is 4.43. The number of thioether (sulfide) groups is 1. The number of amides is 1. The van der Waals surface area contributed by atoms with Crippen molar-refractivity contribution in [2.24, 2.45) is 0 Å². The molecule has 1 N–H and O–H groups in total. The minimum atomic E-state index is -0.115. The number of aromatic nitrogens is 2. The van der Waals surface area contributed by atoms with Gasteiger partial charge in [-0.15, -0.1) is 0 Å². The molecule has 1 aromatic heterocycles. The lowest BCUT2D eigenvalue weighted by Crippen LogP contribution is -2.22. The molecule has 5 nitrogen and oxygen atoms in total. The summed E-state index contributed by atoms with van der Waals surface area (Å²) in [6.45, 7) is 0.446. The van der Waals surface area contributed by atoms with Crippen LogP contribution in [0.25, 0.3) is 5.69 Å². The first kappa shape index (κ1) is 17.1. The lowest BCUT2D eigenvalue weighted by atomic mass is 10.1. The van der Waals surface area contributed by atoms with E-state index < -0.39 is 0 Å². The molecule has 1 amide bonds. The largest absolute Gasteiger partial charge is 0.497 e. The summed E-state index contributed by atoms with van der Waals surface area (Å²) in [4.78, 5) is 16.8. The smallest absolute Gasteiger partial charge is 0.251 e. The van der Waals surface area contributed by atoms with Gasteiger partial charge < -0.3 is 10.1 Å². The van der Waals surface area contributed by atoms with Gasteiger partial charge in [-0.3, -0.25) is 9.36 Å². The highest BCUT2D eigenvalue weighted by Gasteiger charge is 2.09. The molecule has 0 radical (unpaired) electrons. The van der Waals surface area contributed by atoms with Crippen LogP contribution in [0.15, 0.2) is 66.1 Å². The second-order valence-electron chi connectivity index (χ2n) is 5.37. The molecule has 3 rings (SSSR count). The number of imidazole rings is 1. The number of nitrogens with zero attached hydrogens (tertiary/aromatic N) is 2. The van der Waals surface area contributed by atoms with Crippen LogP contribution in [-0.2, 0) is 6.54 Å². The second kappa shape index (κ2) is 7.90. The number of hydrogen-bond acceptors (Lipinski definition) is 4. The predicted molar refractivity (Wildman–Crippen MR) is 99.5 cm³/mol. The molecule has 1 heterocycles. The van der Waals surface area contributed by atoms with E-state index in [2.05, 4.69) is 10.3 Å². The molecule has 25 heavy (non-hydrogen) atoms. The fourth-order valence-corrected chi connectivity index (χ4v) is 3.03. The van der Waals surface area contributed by atoms with Crippen molar-refractivity contribution in [1.29, 1.82) is 0 Å². The van der Waals surface area contributed by atoms with E-state index in [4.69, 9.17) is 4.74 Å². The molecule has 128 valence electrons. The summed E-state index contributed by atoms with van der Waals surface area (Å²) >= 11 is 1.56. The number of carbonyl (C=O) groups excluding carboxylic acids is 1. The fourth-order valence-electron chi connectivity index (χ4n) is 2.50. The molecule has 0 unspecified atom stereocenters. The summed E-state index contributed by atoms with van der Waals surface area (Å²) in [6, 6.07) is 15.2. The maximum absolute atomic E-state index is 12.5. The zero-order valence-electron chi connectivity index (χ0n) is 14.1. The van der Waals surface area contributed by atoms with Crippen molar-refractivity contribution in [3.8, 4) is 11.4 Å². The molecule has 2 aromatic carbocycles. The van der Waals surface area contributed by atoms with E-state index in [-0.39, 0.29) is 5.91 Å². The highest BCUT2D eigenvalue weighted by molar-refractivity contribution is 7.98. The van der Waals surface area contributed by atoms with Crippen LogP contribution in [0.1, 0.15) is 15.9 Å². The maximum Gasteiger partial charge on any atom is 0.251 e. The van der Waals surface area contributed by atoms with Gasteiger partial charge in [-0.2, -0.15) is 0 Å². The molecule has 6 heteroatoms. The molecule has 0 fully saturated rings. The zero-order chi connectivity index (χ0) is 17.6. The predicted octanol–water partition coefficient (Wildman–Crippen LogP) is 3.53. The lowest BCUT2D eigenvalue weighted by Gasteiger charge is -2.10. The van der Waals surface area contributed by atoms with E-state index in [1.165, 1.54) is 0 Å². The van der Waals surface area contributed by atoms with Crippen molar-refractivity contribution in [3.63, 3.8) is 0 Å². The molecule has 0 atom stereocenters. The number of benzene rings is 2. The second-order valence-corrected chi connectivity index (χ2v) is 6.14. The molecule has 0 bridgehead atoms. The maximum atomic E-state index is 12.5. The molecule has 0 saturated carbocycles. The van der Waals surface area contributed by atoms with Gasteiger partial charge >= 0.3 is 0 Å². The van der Waals surface area contributed by atoms with Gasteiger partial charge in [-0.25, -0.2) is 4.98 Å². The van der Waals surface area contributed by atoms with Gasteiger partial charge in [0.25, 0.3) is 5.91 Å². The summed E-state index contributed by atoms with van der Waals surface area (Å²) in [5.41, 5.74) is 2.51. The van der Waals surface area contributed by atoms with E-state index in [0.29, 0.717) is 12.1 Å². The van der Waals surface area contributed by atoms with Gasteiger partial charge in [-0.05, 0) is 42.2 Å². The number of hydrogen-bond donors (Lipinski definition) is 1. The molecule has 0 aliphatic rings. The minimum absolute atomic E-state index is 0.115. The van der Waals surface area contributed by atoms with Crippen LogP contribution in [-0.4, -0.2) is 28.8 Å². The standard InChI is InChI=1S/C19H19N3O2S/c1-24-17-8-3-5-14(11-17)13-21-18(23)15-6-4-7-16(12-15)22-10-9-20-19(22)25-2/h3-12H,13H2,1-2H3,(H,21,23). The van der Waals surface area contributed by atoms with E-state index in [1.807, 2.05) is 59.5 Å². The highest BCUT2D eigenvalue weighted by Crippen LogP contribution is 2.19. The van der Waals surface area contributed by atoms with Gasteiger partial charge in [0.1, 0.15) is 5.75 Å². The quantitative estimate of drug-likeness (QED) is 0.689. The first-order valence-corrected chi connectivity index (χ1v) is 9.02. The van der Waals surface area contributed by atoms with Gasteiger partial charge in [0, 0.05) is 30.2 Å². The molecule has 0 aliphatic heterocycles. The molecular formula is C19H19N3O2S. The Morgan fingerprint density at radius 3 is 2.88 bits per heavy atom. The van der Waals surface area contributed by atoms with Crippen LogP contribution in [0.5, 0.6) is 5.75 Å². The Morgan fingerprint density at radius 1 is 1.24 bits per heavy atom. The Hall–Kier alpha value is -2.73. The monoisotopic (exact) mass is 353 g/mol.